The van der Waals surface area contributed by atoms with Crippen LogP contribution in [0.2, 0.25) is 0 Å². The molecule has 7 nitrogen and oxygen atoms in total. The summed E-state index contributed by atoms with van der Waals surface area (Å²) in [7, 11) is 1.29. The molecule has 0 saturated carbocycles. The Morgan fingerprint density at radius 1 is 1.48 bits per heavy atom. The summed E-state index contributed by atoms with van der Waals surface area (Å²) >= 11 is 0. The van der Waals surface area contributed by atoms with Gasteiger partial charge in [0.25, 0.3) is 5.91 Å². The number of aliphatic hydroxyl groups excluding tert-OH is 1. The summed E-state index contributed by atoms with van der Waals surface area (Å²) in [6.07, 6.45) is 2.02. The number of ether oxygens (including phenoxy) is 1. The van der Waals surface area contributed by atoms with Gasteiger partial charge in [-0.3, -0.25) is 4.79 Å². The van der Waals surface area contributed by atoms with Crippen LogP contribution in [-0.4, -0.2) is 54.7 Å². The molecule has 3 N–H and O–H groups in total. The molecular weight excluding hydrogens is 322 g/mol. The van der Waals surface area contributed by atoms with E-state index >= 15 is 0 Å². The van der Waals surface area contributed by atoms with Gasteiger partial charge in [0.2, 0.25) is 0 Å². The lowest BCUT2D eigenvalue weighted by Crippen LogP contribution is -2.31. The van der Waals surface area contributed by atoms with Gasteiger partial charge in [-0.2, -0.15) is 0 Å². The number of rotatable bonds is 5. The second kappa shape index (κ2) is 7.14. The van der Waals surface area contributed by atoms with Crippen LogP contribution in [-0.2, 0) is 20.7 Å². The van der Waals surface area contributed by atoms with Crippen molar-refractivity contribution in [3.05, 3.63) is 35.0 Å². The van der Waals surface area contributed by atoms with E-state index in [4.69, 9.17) is 9.84 Å². The molecule has 134 valence electrons. The van der Waals surface area contributed by atoms with Crippen LogP contribution in [0.5, 0.6) is 0 Å². The van der Waals surface area contributed by atoms with Gasteiger partial charge in [0.1, 0.15) is 5.70 Å². The van der Waals surface area contributed by atoms with Crippen molar-refractivity contribution in [1.29, 1.82) is 0 Å². The number of nitrogens with zero attached hydrogens (tertiary/aromatic N) is 1. The van der Waals surface area contributed by atoms with E-state index in [0.717, 1.165) is 24.2 Å². The summed E-state index contributed by atoms with van der Waals surface area (Å²) in [5.74, 6) is -0.844. The fourth-order valence-corrected chi connectivity index (χ4v) is 3.22. The third-order valence-corrected chi connectivity index (χ3v) is 4.58. The lowest BCUT2D eigenvalue weighted by molar-refractivity contribution is -0.136. The maximum Gasteiger partial charge on any atom is 0.337 e. The standard InChI is InChI=1S/C18H23N3O4/c1-11-3-4-12-9-13(5-6-15(12)19-11)20-16-14(18(24)25-2)10-21(7-8-22)17(16)23/h5-6,9,11,19-20,22H,3-4,7-8,10H2,1-2H3. The fraction of sp³-hybridized carbons (Fsp3) is 0.444. The van der Waals surface area contributed by atoms with E-state index in [0.29, 0.717) is 6.04 Å². The van der Waals surface area contributed by atoms with Gasteiger partial charge in [-0.1, -0.05) is 0 Å². The molecule has 3 rings (SSSR count). The number of carbonyl (C=O) groups excluding carboxylic acids is 2. The van der Waals surface area contributed by atoms with Crippen molar-refractivity contribution < 1.29 is 19.4 Å². The summed E-state index contributed by atoms with van der Waals surface area (Å²) in [6, 6.07) is 6.31. The van der Waals surface area contributed by atoms with Crippen LogP contribution >= 0.6 is 0 Å². The highest BCUT2D eigenvalue weighted by Gasteiger charge is 2.34. The van der Waals surface area contributed by atoms with Crippen molar-refractivity contribution in [2.24, 2.45) is 0 Å². The predicted molar refractivity (Wildman–Crippen MR) is 94.2 cm³/mol. The van der Waals surface area contributed by atoms with E-state index < -0.39 is 5.97 Å². The third kappa shape index (κ3) is 3.46. The Morgan fingerprint density at radius 3 is 3.00 bits per heavy atom. The third-order valence-electron chi connectivity index (χ3n) is 4.58. The molecule has 2 aliphatic heterocycles. The maximum atomic E-state index is 12.5. The molecule has 0 saturated heterocycles. The number of nitrogens with one attached hydrogen (secondary N) is 2. The second-order valence-electron chi connectivity index (χ2n) is 6.38. The lowest BCUT2D eigenvalue weighted by atomic mass is 9.98. The van der Waals surface area contributed by atoms with Gasteiger partial charge in [0.15, 0.2) is 0 Å². The van der Waals surface area contributed by atoms with Gasteiger partial charge in [0.05, 0.1) is 25.8 Å². The highest BCUT2D eigenvalue weighted by molar-refractivity contribution is 6.08. The Bertz CT molecular complexity index is 729. The average molecular weight is 345 g/mol. The number of β-amino-alcohol motifs (C(OH)–C–C–N with tert-alkyl or cyclic N) is 1. The maximum absolute atomic E-state index is 12.5. The molecule has 1 unspecified atom stereocenters. The predicted octanol–water partition coefficient (Wildman–Crippen LogP) is 1.11. The Labute approximate surface area is 146 Å². The smallest absolute Gasteiger partial charge is 0.337 e. The summed E-state index contributed by atoms with van der Waals surface area (Å²) < 4.78 is 4.79. The fourth-order valence-electron chi connectivity index (χ4n) is 3.22. The van der Waals surface area contributed by atoms with E-state index in [1.807, 2.05) is 18.2 Å². The number of benzene rings is 1. The summed E-state index contributed by atoms with van der Waals surface area (Å²) in [4.78, 5) is 26.0. The number of anilines is 2. The van der Waals surface area contributed by atoms with Crippen LogP contribution in [0.1, 0.15) is 18.9 Å². The van der Waals surface area contributed by atoms with Crippen LogP contribution in [0.4, 0.5) is 11.4 Å². The molecule has 1 amide bonds. The Balaban J connectivity index is 1.86. The van der Waals surface area contributed by atoms with Crippen molar-refractivity contribution in [2.45, 2.75) is 25.8 Å². The normalized spacial score (nSPS) is 19.6. The van der Waals surface area contributed by atoms with Crippen LogP contribution in [0, 0.1) is 0 Å². The summed E-state index contributed by atoms with van der Waals surface area (Å²) in [5.41, 5.74) is 3.54. The summed E-state index contributed by atoms with van der Waals surface area (Å²) in [6.45, 7) is 2.31. The van der Waals surface area contributed by atoms with Gasteiger partial charge in [0, 0.05) is 24.0 Å². The molecule has 7 heteroatoms. The largest absolute Gasteiger partial charge is 0.466 e. The monoisotopic (exact) mass is 345 g/mol. The van der Waals surface area contributed by atoms with Gasteiger partial charge < -0.3 is 25.4 Å². The van der Waals surface area contributed by atoms with Crippen molar-refractivity contribution in [1.82, 2.24) is 4.90 Å². The first-order valence-corrected chi connectivity index (χ1v) is 8.41. The minimum Gasteiger partial charge on any atom is -0.466 e. The zero-order valence-electron chi connectivity index (χ0n) is 14.5. The van der Waals surface area contributed by atoms with Gasteiger partial charge in [-0.15, -0.1) is 0 Å². The van der Waals surface area contributed by atoms with E-state index in [-0.39, 0.29) is 36.9 Å². The number of aryl methyl sites for hydroxylation is 1. The summed E-state index contributed by atoms with van der Waals surface area (Å²) in [5, 5.41) is 15.6. The highest BCUT2D eigenvalue weighted by Crippen LogP contribution is 2.29. The molecule has 0 bridgehead atoms. The van der Waals surface area contributed by atoms with Crippen molar-refractivity contribution in [2.75, 3.05) is 37.4 Å². The molecule has 2 heterocycles. The van der Waals surface area contributed by atoms with Crippen molar-refractivity contribution >= 4 is 23.3 Å². The Morgan fingerprint density at radius 2 is 2.28 bits per heavy atom. The molecule has 0 fully saturated rings. The number of hydrogen-bond donors (Lipinski definition) is 3. The van der Waals surface area contributed by atoms with Crippen LogP contribution in [0.25, 0.3) is 0 Å². The second-order valence-corrected chi connectivity index (χ2v) is 6.38. The molecule has 0 aromatic heterocycles. The van der Waals surface area contributed by atoms with E-state index in [2.05, 4.69) is 17.6 Å². The van der Waals surface area contributed by atoms with Gasteiger partial charge >= 0.3 is 5.97 Å². The number of carbonyl (C=O) groups is 2. The van der Waals surface area contributed by atoms with Gasteiger partial charge in [-0.25, -0.2) is 4.79 Å². The Kier molecular flexibility index (Phi) is 4.94. The average Bonchev–Trinajstić information content (AvgIpc) is 2.91. The topological polar surface area (TPSA) is 90.9 Å². The molecule has 1 atom stereocenters. The lowest BCUT2D eigenvalue weighted by Gasteiger charge is -2.24. The number of methoxy groups -OCH3 is 1. The molecule has 0 aliphatic carbocycles. The number of amides is 1. The first-order chi connectivity index (χ1) is 12.0. The first kappa shape index (κ1) is 17.3. The van der Waals surface area contributed by atoms with Crippen LogP contribution < -0.4 is 10.6 Å². The zero-order chi connectivity index (χ0) is 18.0. The van der Waals surface area contributed by atoms with Crippen molar-refractivity contribution in [3.8, 4) is 0 Å². The molecule has 0 radical (unpaired) electrons. The molecule has 2 aliphatic rings. The van der Waals surface area contributed by atoms with E-state index in [1.54, 1.807) is 0 Å². The quantitative estimate of drug-likeness (QED) is 0.693. The molecule has 1 aromatic rings. The van der Waals surface area contributed by atoms with Crippen LogP contribution in [0.15, 0.2) is 29.5 Å². The molecule has 25 heavy (non-hydrogen) atoms. The Hall–Kier alpha value is -2.54. The SMILES string of the molecule is COC(=O)C1=C(Nc2ccc3c(c2)CCC(C)N3)C(=O)N(CCO)C1. The van der Waals surface area contributed by atoms with Crippen LogP contribution in [0.3, 0.4) is 0 Å². The number of esters is 1. The van der Waals surface area contributed by atoms with E-state index in [1.165, 1.54) is 17.6 Å². The number of hydrogen-bond acceptors (Lipinski definition) is 6. The van der Waals surface area contributed by atoms with Gasteiger partial charge in [-0.05, 0) is 43.5 Å². The molecule has 0 spiro atoms. The number of fused-ring (bicyclic) bond motifs is 1. The molecular formula is C18H23N3O4. The van der Waals surface area contributed by atoms with E-state index in [9.17, 15) is 9.59 Å². The molecule has 1 aromatic carbocycles. The highest BCUT2D eigenvalue weighted by atomic mass is 16.5. The van der Waals surface area contributed by atoms with Crippen molar-refractivity contribution in [3.63, 3.8) is 0 Å². The minimum absolute atomic E-state index is 0.137. The zero-order valence-corrected chi connectivity index (χ0v) is 14.5. The number of aliphatic hydroxyl groups is 1. The first-order valence-electron chi connectivity index (χ1n) is 8.41. The minimum atomic E-state index is -0.537.